The molecule has 1 amide bonds. The molecule has 2 N–H and O–H groups in total. The van der Waals surface area contributed by atoms with Crippen molar-refractivity contribution in [2.24, 2.45) is 0 Å². The van der Waals surface area contributed by atoms with E-state index in [1.165, 1.54) is 10.5 Å². The van der Waals surface area contributed by atoms with Crippen molar-refractivity contribution < 1.29 is 43.7 Å². The molecule has 1 heterocycles. The first-order valence-corrected chi connectivity index (χ1v) is 12.7. The van der Waals surface area contributed by atoms with E-state index >= 15 is 0 Å². The van der Waals surface area contributed by atoms with E-state index < -0.39 is 11.9 Å². The quantitative estimate of drug-likeness (QED) is 0.394. The van der Waals surface area contributed by atoms with Crippen molar-refractivity contribution in [3.63, 3.8) is 0 Å². The Labute approximate surface area is 234 Å². The lowest BCUT2D eigenvalue weighted by atomic mass is 10.1. The first kappa shape index (κ1) is 31.6. The molecule has 0 aromatic heterocycles. The average Bonchev–Trinajstić information content (AvgIpc) is 2.96. The summed E-state index contributed by atoms with van der Waals surface area (Å²) in [4.78, 5) is 35.1. The Kier molecular flexibility index (Phi) is 13.5. The highest BCUT2D eigenvalue weighted by Crippen LogP contribution is 2.40. The molecule has 2 aromatic rings. The van der Waals surface area contributed by atoms with Crippen LogP contribution in [0.3, 0.4) is 0 Å². The molecule has 0 bridgehead atoms. The molecule has 0 unspecified atom stereocenters. The number of nitrogens with zero attached hydrogens (tertiary/aromatic N) is 1. The number of hydrogen-bond donors (Lipinski definition) is 2. The van der Waals surface area contributed by atoms with Gasteiger partial charge in [-0.3, -0.25) is 4.79 Å². The first-order valence-electron chi connectivity index (χ1n) is 12.7. The molecule has 0 radical (unpaired) electrons. The fourth-order valence-electron chi connectivity index (χ4n) is 4.01. The molecule has 1 fully saturated rings. The van der Waals surface area contributed by atoms with Gasteiger partial charge in [-0.2, -0.15) is 0 Å². The maximum Gasteiger partial charge on any atom is 0.328 e. The van der Waals surface area contributed by atoms with Crippen LogP contribution in [-0.2, 0) is 14.4 Å². The summed E-state index contributed by atoms with van der Waals surface area (Å²) in [7, 11) is 4.76. The minimum Gasteiger partial charge on any atom is -0.545 e. The molecule has 2 aromatic carbocycles. The number of benzene rings is 2. The summed E-state index contributed by atoms with van der Waals surface area (Å²) < 4.78 is 16.2. The number of aliphatic carboxylic acids is 2. The summed E-state index contributed by atoms with van der Waals surface area (Å²) in [6, 6.07) is 14.1. The Morgan fingerprint density at radius 1 is 0.900 bits per heavy atom. The number of carbonyl (C=O) groups excluding carboxylic acids is 2. The zero-order chi connectivity index (χ0) is 29.3. The van der Waals surface area contributed by atoms with E-state index in [1.807, 2.05) is 47.4 Å². The van der Waals surface area contributed by atoms with E-state index in [1.54, 1.807) is 21.3 Å². The fourth-order valence-corrected chi connectivity index (χ4v) is 4.01. The zero-order valence-corrected chi connectivity index (χ0v) is 23.0. The number of nitrogens with one attached hydrogen (secondary N) is 1. The number of amides is 1. The van der Waals surface area contributed by atoms with Gasteiger partial charge in [-0.05, 0) is 29.8 Å². The van der Waals surface area contributed by atoms with Crippen LogP contribution in [0.25, 0.3) is 12.2 Å². The third kappa shape index (κ3) is 10.7. The highest BCUT2D eigenvalue weighted by atomic mass is 16.5. The highest BCUT2D eigenvalue weighted by Gasteiger charge is 2.22. The van der Waals surface area contributed by atoms with Gasteiger partial charge in [0.25, 0.3) is 0 Å². The normalized spacial score (nSPS) is 13.7. The van der Waals surface area contributed by atoms with Crippen LogP contribution < -0.4 is 24.2 Å². The molecule has 1 saturated heterocycles. The number of hydrogen-bond acceptors (Lipinski definition) is 7. The smallest absolute Gasteiger partial charge is 0.328 e. The second-order valence-corrected chi connectivity index (χ2v) is 8.67. The van der Waals surface area contributed by atoms with Gasteiger partial charge in [0, 0.05) is 18.1 Å². The molecule has 0 atom stereocenters. The van der Waals surface area contributed by atoms with Crippen LogP contribution in [0.5, 0.6) is 17.2 Å². The molecular formula is C30H36N2O8. The highest BCUT2D eigenvalue weighted by molar-refractivity contribution is 5.88. The van der Waals surface area contributed by atoms with E-state index in [4.69, 9.17) is 19.3 Å². The van der Waals surface area contributed by atoms with Gasteiger partial charge in [0.15, 0.2) is 11.5 Å². The maximum atomic E-state index is 12.6. The van der Waals surface area contributed by atoms with E-state index in [9.17, 15) is 19.5 Å². The van der Waals surface area contributed by atoms with Crippen LogP contribution in [0.2, 0.25) is 0 Å². The molecule has 3 rings (SSSR count). The van der Waals surface area contributed by atoms with Crippen LogP contribution >= 0.6 is 0 Å². The summed E-state index contributed by atoms with van der Waals surface area (Å²) >= 11 is 0. The summed E-state index contributed by atoms with van der Waals surface area (Å²) in [6.45, 7) is 4.51. The lowest BCUT2D eigenvalue weighted by Gasteiger charge is -2.31. The number of piperazine rings is 1. The van der Waals surface area contributed by atoms with Crippen molar-refractivity contribution in [1.82, 2.24) is 4.90 Å². The molecule has 0 aliphatic carbocycles. The molecule has 0 saturated carbocycles. The van der Waals surface area contributed by atoms with Gasteiger partial charge in [-0.15, -0.1) is 0 Å². The fraction of sp³-hybridized carbons (Fsp3) is 0.300. The molecule has 0 spiro atoms. The van der Waals surface area contributed by atoms with Gasteiger partial charge in [0.2, 0.25) is 11.7 Å². The minimum atomic E-state index is -1.51. The molecule has 1 aliphatic rings. The molecule has 10 heteroatoms. The number of methoxy groups -OCH3 is 3. The van der Waals surface area contributed by atoms with E-state index in [2.05, 4.69) is 24.3 Å². The Hall–Kier alpha value is -4.57. The lowest BCUT2D eigenvalue weighted by Crippen LogP contribution is -3.14. The van der Waals surface area contributed by atoms with Crippen LogP contribution in [0.4, 0.5) is 0 Å². The third-order valence-corrected chi connectivity index (χ3v) is 6.03. The SMILES string of the molecule is COc1ccc(/C=C/CC(=O)N2CC[NH+](C/C=C/c3ccccc3)CC2)c(OC)c1OC.O=C([O-])/C=C\C(=O)O. The standard InChI is InChI=1S/C26H32N2O4.C4H4O4/c1-30-23-15-14-22(25(31-2)26(23)32-3)12-7-13-24(29)28-19-17-27(18-20-28)16-8-11-21-9-5-4-6-10-21;5-3(6)1-2-4(7)8/h4-12,14-15H,13,16-20H2,1-3H3;1-2H,(H,5,6)(H,7,8)/b11-8+,12-7+;2-1-. The van der Waals surface area contributed by atoms with Crippen molar-refractivity contribution in [3.05, 3.63) is 77.9 Å². The second kappa shape index (κ2) is 17.1. The molecule has 1 aliphatic heterocycles. The Morgan fingerprint density at radius 3 is 2.12 bits per heavy atom. The monoisotopic (exact) mass is 552 g/mol. The van der Waals surface area contributed by atoms with Crippen molar-refractivity contribution >= 4 is 30.0 Å². The number of carboxylic acid groups (broad SMARTS) is 2. The minimum absolute atomic E-state index is 0.152. The Bertz CT molecular complexity index is 1180. The average molecular weight is 553 g/mol. The molecule has 40 heavy (non-hydrogen) atoms. The van der Waals surface area contributed by atoms with E-state index in [0.29, 0.717) is 35.8 Å². The molecule has 214 valence electrons. The van der Waals surface area contributed by atoms with E-state index in [0.717, 1.165) is 38.3 Å². The van der Waals surface area contributed by atoms with Gasteiger partial charge in [-0.25, -0.2) is 4.79 Å². The van der Waals surface area contributed by atoms with Gasteiger partial charge >= 0.3 is 5.97 Å². The predicted molar refractivity (Wildman–Crippen MR) is 149 cm³/mol. The second-order valence-electron chi connectivity index (χ2n) is 8.67. The largest absolute Gasteiger partial charge is 0.545 e. The van der Waals surface area contributed by atoms with Gasteiger partial charge in [-0.1, -0.05) is 48.6 Å². The number of rotatable bonds is 11. The molecular weight excluding hydrogens is 516 g/mol. The number of carboxylic acids is 2. The topological polar surface area (TPSA) is 130 Å². The van der Waals surface area contributed by atoms with Gasteiger partial charge in [0.1, 0.15) is 0 Å². The van der Waals surface area contributed by atoms with Gasteiger partial charge < -0.3 is 39.0 Å². The number of quaternary nitrogens is 1. The summed E-state index contributed by atoms with van der Waals surface area (Å²) in [6.07, 6.45) is 9.47. The van der Waals surface area contributed by atoms with Crippen LogP contribution in [0.1, 0.15) is 17.5 Å². The third-order valence-electron chi connectivity index (χ3n) is 6.03. The summed E-state index contributed by atoms with van der Waals surface area (Å²) in [5.74, 6) is -0.905. The maximum absolute atomic E-state index is 12.6. The van der Waals surface area contributed by atoms with Crippen molar-refractivity contribution in [2.45, 2.75) is 6.42 Å². The molecule has 10 nitrogen and oxygen atoms in total. The van der Waals surface area contributed by atoms with Crippen LogP contribution in [0.15, 0.2) is 66.8 Å². The van der Waals surface area contributed by atoms with Crippen LogP contribution in [-0.4, -0.2) is 81.9 Å². The lowest BCUT2D eigenvalue weighted by molar-refractivity contribution is -0.898. The van der Waals surface area contributed by atoms with E-state index in [-0.39, 0.29) is 5.91 Å². The summed E-state index contributed by atoms with van der Waals surface area (Å²) in [5.41, 5.74) is 2.07. The summed E-state index contributed by atoms with van der Waals surface area (Å²) in [5, 5.41) is 17.2. The van der Waals surface area contributed by atoms with Crippen molar-refractivity contribution in [3.8, 4) is 17.2 Å². The predicted octanol–water partition coefficient (Wildman–Crippen LogP) is 0.933. The van der Waals surface area contributed by atoms with Gasteiger partial charge in [0.05, 0.1) is 60.0 Å². The van der Waals surface area contributed by atoms with Crippen LogP contribution in [0, 0.1) is 0 Å². The van der Waals surface area contributed by atoms with Crippen molar-refractivity contribution in [1.29, 1.82) is 0 Å². The zero-order valence-electron chi connectivity index (χ0n) is 23.0. The first-order chi connectivity index (χ1) is 19.3. The van der Waals surface area contributed by atoms with Crippen molar-refractivity contribution in [2.75, 3.05) is 54.1 Å². The number of ether oxygens (including phenoxy) is 3. The Balaban J connectivity index is 0.000000611. The Morgan fingerprint density at radius 2 is 1.57 bits per heavy atom. The number of carbonyl (C=O) groups is 3.